The Morgan fingerprint density at radius 2 is 2.13 bits per heavy atom. The zero-order valence-electron chi connectivity index (χ0n) is 9.59. The maximum Gasteiger partial charge on any atom is 0.357 e. The molecule has 0 aromatic carbocycles. The Bertz CT molecular complexity index is 315. The summed E-state index contributed by atoms with van der Waals surface area (Å²) in [6.45, 7) is 6.44. The molecule has 2 aliphatic rings. The van der Waals surface area contributed by atoms with Gasteiger partial charge >= 0.3 is 5.97 Å². The summed E-state index contributed by atoms with van der Waals surface area (Å²) in [6, 6.07) is 0. The quantitative estimate of drug-likeness (QED) is 0.396. The lowest BCUT2D eigenvalue weighted by molar-refractivity contribution is -0.143. The van der Waals surface area contributed by atoms with Crippen LogP contribution in [0.15, 0.2) is 0 Å². The van der Waals surface area contributed by atoms with Crippen LogP contribution in [0.2, 0.25) is 0 Å². The molecular formula is C11H17ClO3. The van der Waals surface area contributed by atoms with Crippen LogP contribution in [0.25, 0.3) is 0 Å². The van der Waals surface area contributed by atoms with E-state index in [0.29, 0.717) is 5.92 Å². The molecule has 0 radical (unpaired) electrons. The Labute approximate surface area is 95.1 Å². The number of carbonyl (C=O) groups is 1. The first-order chi connectivity index (χ1) is 6.77. The second-order valence-electron chi connectivity index (χ2n) is 5.52. The lowest BCUT2D eigenvalue weighted by Gasteiger charge is -2.15. The van der Waals surface area contributed by atoms with Gasteiger partial charge in [-0.15, -0.1) is 0 Å². The highest BCUT2D eigenvalue weighted by Gasteiger charge is 2.80. The molecule has 0 aromatic rings. The van der Waals surface area contributed by atoms with Gasteiger partial charge in [0.25, 0.3) is 5.06 Å². The number of methoxy groups -OCH3 is 1. The van der Waals surface area contributed by atoms with E-state index < -0.39 is 16.6 Å². The summed E-state index contributed by atoms with van der Waals surface area (Å²) >= 11 is 6.18. The van der Waals surface area contributed by atoms with Crippen molar-refractivity contribution >= 4 is 17.6 Å². The average Bonchev–Trinajstić information content (AvgIpc) is 2.62. The number of epoxide rings is 1. The Balaban J connectivity index is 2.23. The fourth-order valence-electron chi connectivity index (χ4n) is 3.09. The number of carbonyl (C=O) groups excluding carboxylic acids is 1. The molecule has 3 unspecified atom stereocenters. The first-order valence-corrected chi connectivity index (χ1v) is 5.63. The third kappa shape index (κ3) is 1.32. The van der Waals surface area contributed by atoms with Crippen LogP contribution in [-0.2, 0) is 14.3 Å². The molecule has 86 valence electrons. The minimum Gasteiger partial charge on any atom is -0.466 e. The summed E-state index contributed by atoms with van der Waals surface area (Å²) in [5.74, 6) is -0.169. The van der Waals surface area contributed by atoms with Crippen molar-refractivity contribution in [3.05, 3.63) is 0 Å². The smallest absolute Gasteiger partial charge is 0.357 e. The van der Waals surface area contributed by atoms with Crippen LogP contribution in [-0.4, -0.2) is 23.7 Å². The minimum absolute atomic E-state index is 0.185. The van der Waals surface area contributed by atoms with E-state index in [4.69, 9.17) is 16.3 Å². The molecule has 0 amide bonds. The highest BCUT2D eigenvalue weighted by molar-refractivity contribution is 6.36. The molecule has 1 heterocycles. The third-order valence-corrected chi connectivity index (χ3v) is 4.22. The molecule has 3 atom stereocenters. The van der Waals surface area contributed by atoms with Crippen LogP contribution >= 0.6 is 11.6 Å². The van der Waals surface area contributed by atoms with Crippen molar-refractivity contribution in [3.63, 3.8) is 0 Å². The van der Waals surface area contributed by atoms with E-state index in [9.17, 15) is 4.79 Å². The van der Waals surface area contributed by atoms with Gasteiger partial charge in [0.05, 0.1) is 7.11 Å². The molecule has 3 nitrogen and oxygen atoms in total. The van der Waals surface area contributed by atoms with Crippen LogP contribution < -0.4 is 0 Å². The second kappa shape index (κ2) is 2.89. The molecule has 15 heavy (non-hydrogen) atoms. The first kappa shape index (κ1) is 11.2. The van der Waals surface area contributed by atoms with Crippen LogP contribution in [0, 0.1) is 11.3 Å². The van der Waals surface area contributed by atoms with E-state index in [2.05, 4.69) is 25.5 Å². The molecule has 2 rings (SSSR count). The topological polar surface area (TPSA) is 38.8 Å². The monoisotopic (exact) mass is 232 g/mol. The van der Waals surface area contributed by atoms with E-state index in [-0.39, 0.29) is 5.41 Å². The van der Waals surface area contributed by atoms with Crippen LogP contribution in [0.3, 0.4) is 0 Å². The second-order valence-corrected chi connectivity index (χ2v) is 6.06. The Morgan fingerprint density at radius 1 is 1.53 bits per heavy atom. The summed E-state index contributed by atoms with van der Waals surface area (Å²) < 4.78 is 10.2. The van der Waals surface area contributed by atoms with Gasteiger partial charge in [-0.05, 0) is 24.2 Å². The molecule has 0 N–H and O–H groups in total. The molecular weight excluding hydrogens is 216 g/mol. The third-order valence-electron chi connectivity index (χ3n) is 3.67. The molecule has 0 bridgehead atoms. The number of rotatable bonds is 1. The maximum absolute atomic E-state index is 11.5. The predicted octanol–water partition coefficient (Wildman–Crippen LogP) is 2.32. The van der Waals surface area contributed by atoms with Crippen molar-refractivity contribution in [2.45, 2.75) is 44.3 Å². The summed E-state index contributed by atoms with van der Waals surface area (Å²) in [6.07, 6.45) is 1.85. The van der Waals surface area contributed by atoms with E-state index in [1.54, 1.807) is 0 Å². The largest absolute Gasteiger partial charge is 0.466 e. The lowest BCUT2D eigenvalue weighted by Crippen LogP contribution is -2.32. The number of alkyl halides is 1. The molecule has 0 aromatic heterocycles. The number of halogens is 1. The fraction of sp³-hybridized carbons (Fsp3) is 0.909. The average molecular weight is 233 g/mol. The van der Waals surface area contributed by atoms with E-state index in [0.717, 1.165) is 12.8 Å². The normalized spacial score (nSPS) is 46.9. The van der Waals surface area contributed by atoms with E-state index in [1.165, 1.54) is 7.11 Å². The van der Waals surface area contributed by atoms with Gasteiger partial charge < -0.3 is 9.47 Å². The number of hydrogen-bond donors (Lipinski definition) is 0. The van der Waals surface area contributed by atoms with Crippen molar-refractivity contribution < 1.29 is 14.3 Å². The first-order valence-electron chi connectivity index (χ1n) is 5.25. The van der Waals surface area contributed by atoms with Gasteiger partial charge in [-0.2, -0.15) is 0 Å². The van der Waals surface area contributed by atoms with Gasteiger partial charge in [0.1, 0.15) is 5.60 Å². The standard InChI is InChI=1S/C11H17ClO3/c1-7-5-9(2,3)6-10(7)11(12,15-10)8(13)14-4/h7H,5-6H2,1-4H3. The van der Waals surface area contributed by atoms with Crippen molar-refractivity contribution in [1.29, 1.82) is 0 Å². The molecule has 2 fully saturated rings. The fourth-order valence-corrected chi connectivity index (χ4v) is 3.56. The van der Waals surface area contributed by atoms with Crippen LogP contribution in [0.5, 0.6) is 0 Å². The van der Waals surface area contributed by atoms with Crippen molar-refractivity contribution in [1.82, 2.24) is 0 Å². The zero-order valence-corrected chi connectivity index (χ0v) is 10.4. The lowest BCUT2D eigenvalue weighted by atomic mass is 9.89. The SMILES string of the molecule is COC(=O)C1(Cl)OC12CC(C)(C)CC2C. The molecule has 1 spiro atoms. The molecule has 1 saturated carbocycles. The number of esters is 1. The van der Waals surface area contributed by atoms with Gasteiger partial charge in [0.15, 0.2) is 0 Å². The minimum atomic E-state index is -1.23. The highest BCUT2D eigenvalue weighted by atomic mass is 35.5. The Kier molecular flexibility index (Phi) is 2.16. The number of ether oxygens (including phenoxy) is 2. The highest BCUT2D eigenvalue weighted by Crippen LogP contribution is 2.67. The van der Waals surface area contributed by atoms with Crippen molar-refractivity contribution in [2.24, 2.45) is 11.3 Å². The van der Waals surface area contributed by atoms with Crippen molar-refractivity contribution in [3.8, 4) is 0 Å². The van der Waals surface area contributed by atoms with Gasteiger partial charge in [0, 0.05) is 0 Å². The van der Waals surface area contributed by atoms with E-state index >= 15 is 0 Å². The molecule has 4 heteroatoms. The van der Waals surface area contributed by atoms with E-state index in [1.807, 2.05) is 0 Å². The van der Waals surface area contributed by atoms with Crippen LogP contribution in [0.4, 0.5) is 0 Å². The molecule has 1 aliphatic heterocycles. The molecule has 1 aliphatic carbocycles. The summed E-state index contributed by atoms with van der Waals surface area (Å²) in [4.78, 5) is 11.5. The van der Waals surface area contributed by atoms with Gasteiger partial charge in [0.2, 0.25) is 0 Å². The van der Waals surface area contributed by atoms with Gasteiger partial charge in [-0.3, -0.25) is 0 Å². The molecule has 1 saturated heterocycles. The zero-order chi connectivity index (χ0) is 11.5. The summed E-state index contributed by atoms with van der Waals surface area (Å²) in [7, 11) is 1.34. The summed E-state index contributed by atoms with van der Waals surface area (Å²) in [5.41, 5.74) is -0.310. The summed E-state index contributed by atoms with van der Waals surface area (Å²) in [5, 5.41) is -1.23. The van der Waals surface area contributed by atoms with Gasteiger partial charge in [-0.25, -0.2) is 4.79 Å². The predicted molar refractivity (Wildman–Crippen MR) is 56.6 cm³/mol. The maximum atomic E-state index is 11.5. The van der Waals surface area contributed by atoms with Crippen LogP contribution in [0.1, 0.15) is 33.6 Å². The Hall–Kier alpha value is -0.280. The van der Waals surface area contributed by atoms with Gasteiger partial charge in [-0.1, -0.05) is 32.4 Å². The Morgan fingerprint density at radius 3 is 2.53 bits per heavy atom. The van der Waals surface area contributed by atoms with Crippen molar-refractivity contribution in [2.75, 3.05) is 7.11 Å². The number of hydrogen-bond acceptors (Lipinski definition) is 3.